The minimum Gasteiger partial charge on any atom is -0.330 e. The third-order valence-corrected chi connectivity index (χ3v) is 5.35. The molecule has 5 heteroatoms. The highest BCUT2D eigenvalue weighted by Gasteiger charge is 2.32. The molecule has 0 aromatic heterocycles. The highest BCUT2D eigenvalue weighted by molar-refractivity contribution is 6.04. The van der Waals surface area contributed by atoms with Gasteiger partial charge in [-0.05, 0) is 61.2 Å². The molecule has 2 amide bonds. The van der Waals surface area contributed by atoms with E-state index in [0.717, 1.165) is 31.4 Å². The fourth-order valence-corrected chi connectivity index (χ4v) is 3.73. The van der Waals surface area contributed by atoms with Crippen molar-refractivity contribution in [1.29, 1.82) is 0 Å². The van der Waals surface area contributed by atoms with E-state index in [0.29, 0.717) is 24.2 Å². The number of carbonyl (C=O) groups excluding carboxylic acids is 2. The first-order valence-electron chi connectivity index (χ1n) is 9.57. The second-order valence-corrected chi connectivity index (χ2v) is 7.39. The van der Waals surface area contributed by atoms with Crippen molar-refractivity contribution in [2.24, 2.45) is 11.1 Å². The summed E-state index contributed by atoms with van der Waals surface area (Å²) < 4.78 is 0. The minimum atomic E-state index is -0.177. The largest absolute Gasteiger partial charge is 0.330 e. The van der Waals surface area contributed by atoms with Gasteiger partial charge in [0.25, 0.3) is 5.91 Å². The van der Waals surface area contributed by atoms with Crippen molar-refractivity contribution in [1.82, 2.24) is 0 Å². The standard InChI is InChI=1S/C22H27N3O2/c23-16-22(13-5-2-6-14-22)15-20(26)24-19-11-9-17(10-12-19)21(27)25-18-7-3-1-4-8-18/h1,3-4,7-12H,2,5-6,13-16,23H2,(H,24,26)(H,25,27). The van der Waals surface area contributed by atoms with Crippen molar-refractivity contribution >= 4 is 23.2 Å². The molecule has 0 saturated heterocycles. The smallest absolute Gasteiger partial charge is 0.255 e. The van der Waals surface area contributed by atoms with Crippen molar-refractivity contribution in [2.45, 2.75) is 38.5 Å². The number of nitrogens with one attached hydrogen (secondary N) is 2. The number of hydrogen-bond donors (Lipinski definition) is 3. The molecular weight excluding hydrogens is 338 g/mol. The van der Waals surface area contributed by atoms with Gasteiger partial charge in [-0.25, -0.2) is 0 Å². The van der Waals surface area contributed by atoms with E-state index in [4.69, 9.17) is 5.73 Å². The Hall–Kier alpha value is -2.66. The fourth-order valence-electron chi connectivity index (χ4n) is 3.73. The first kappa shape index (κ1) is 19.1. The zero-order valence-corrected chi connectivity index (χ0v) is 15.5. The lowest BCUT2D eigenvalue weighted by molar-refractivity contribution is -0.118. The van der Waals surface area contributed by atoms with Gasteiger partial charge in [0.15, 0.2) is 0 Å². The molecule has 0 atom stereocenters. The summed E-state index contributed by atoms with van der Waals surface area (Å²) in [5.41, 5.74) is 7.90. The van der Waals surface area contributed by atoms with Crippen LogP contribution < -0.4 is 16.4 Å². The molecule has 0 heterocycles. The normalized spacial score (nSPS) is 15.7. The van der Waals surface area contributed by atoms with Gasteiger partial charge >= 0.3 is 0 Å². The van der Waals surface area contributed by atoms with Gasteiger partial charge in [0.2, 0.25) is 5.91 Å². The van der Waals surface area contributed by atoms with Crippen LogP contribution in [-0.4, -0.2) is 18.4 Å². The first-order valence-corrected chi connectivity index (χ1v) is 9.57. The molecule has 0 bridgehead atoms. The molecule has 0 unspecified atom stereocenters. The molecule has 1 fully saturated rings. The van der Waals surface area contributed by atoms with Crippen LogP contribution in [0.1, 0.15) is 48.9 Å². The quantitative estimate of drug-likeness (QED) is 0.718. The van der Waals surface area contributed by atoms with Crippen LogP contribution in [0.3, 0.4) is 0 Å². The van der Waals surface area contributed by atoms with E-state index in [1.807, 2.05) is 30.3 Å². The maximum atomic E-state index is 12.5. The summed E-state index contributed by atoms with van der Waals surface area (Å²) in [6.07, 6.45) is 6.03. The Kier molecular flexibility index (Phi) is 6.24. The molecule has 4 N–H and O–H groups in total. The molecule has 27 heavy (non-hydrogen) atoms. The molecule has 0 radical (unpaired) electrons. The van der Waals surface area contributed by atoms with Crippen molar-refractivity contribution in [2.75, 3.05) is 17.2 Å². The van der Waals surface area contributed by atoms with Crippen LogP contribution in [0, 0.1) is 5.41 Å². The lowest BCUT2D eigenvalue weighted by Gasteiger charge is -2.35. The molecule has 1 aliphatic carbocycles. The van der Waals surface area contributed by atoms with Gasteiger partial charge in [-0.2, -0.15) is 0 Å². The predicted molar refractivity (Wildman–Crippen MR) is 109 cm³/mol. The van der Waals surface area contributed by atoms with Crippen LogP contribution in [0.15, 0.2) is 54.6 Å². The number of rotatable bonds is 6. The molecule has 0 spiro atoms. The second kappa shape index (κ2) is 8.82. The van der Waals surface area contributed by atoms with Gasteiger partial charge in [0.1, 0.15) is 0 Å². The third kappa shape index (κ3) is 5.17. The van der Waals surface area contributed by atoms with Crippen LogP contribution in [-0.2, 0) is 4.79 Å². The van der Waals surface area contributed by atoms with E-state index in [9.17, 15) is 9.59 Å². The van der Waals surface area contributed by atoms with Crippen molar-refractivity contribution in [3.05, 3.63) is 60.2 Å². The van der Waals surface area contributed by atoms with Crippen LogP contribution in [0.5, 0.6) is 0 Å². The van der Waals surface area contributed by atoms with Gasteiger partial charge in [0.05, 0.1) is 0 Å². The first-order chi connectivity index (χ1) is 13.1. The van der Waals surface area contributed by atoms with Gasteiger partial charge in [0, 0.05) is 23.4 Å². The van der Waals surface area contributed by atoms with Crippen LogP contribution in [0.4, 0.5) is 11.4 Å². The monoisotopic (exact) mass is 365 g/mol. The number of anilines is 2. The average molecular weight is 365 g/mol. The minimum absolute atomic E-state index is 0.0103. The van der Waals surface area contributed by atoms with Gasteiger partial charge in [-0.3, -0.25) is 9.59 Å². The summed E-state index contributed by atoms with van der Waals surface area (Å²) in [4.78, 5) is 24.7. The third-order valence-electron chi connectivity index (χ3n) is 5.35. The molecule has 2 aromatic carbocycles. The Bertz CT molecular complexity index is 766. The number of nitrogens with two attached hydrogens (primary N) is 1. The average Bonchev–Trinajstić information content (AvgIpc) is 2.70. The Morgan fingerprint density at radius 3 is 2.11 bits per heavy atom. The molecule has 5 nitrogen and oxygen atoms in total. The molecule has 3 rings (SSSR count). The van der Waals surface area contributed by atoms with Crippen molar-refractivity contribution in [3.63, 3.8) is 0 Å². The predicted octanol–water partition coefficient (Wildman–Crippen LogP) is 4.18. The SMILES string of the molecule is NCC1(CC(=O)Nc2ccc(C(=O)Nc3ccccc3)cc2)CCCCC1. The number of hydrogen-bond acceptors (Lipinski definition) is 3. The van der Waals surface area contributed by atoms with E-state index < -0.39 is 0 Å². The fraction of sp³-hybridized carbons (Fsp3) is 0.364. The van der Waals surface area contributed by atoms with Crippen molar-refractivity contribution in [3.8, 4) is 0 Å². The Labute approximate surface area is 160 Å². The Morgan fingerprint density at radius 1 is 0.852 bits per heavy atom. The maximum absolute atomic E-state index is 12.5. The summed E-state index contributed by atoms with van der Waals surface area (Å²) >= 11 is 0. The van der Waals surface area contributed by atoms with Crippen LogP contribution in [0.25, 0.3) is 0 Å². The highest BCUT2D eigenvalue weighted by Crippen LogP contribution is 2.38. The van der Waals surface area contributed by atoms with Crippen LogP contribution >= 0.6 is 0 Å². The summed E-state index contributed by atoms with van der Waals surface area (Å²) in [7, 11) is 0. The molecule has 1 aliphatic rings. The van der Waals surface area contributed by atoms with E-state index >= 15 is 0 Å². The number of benzene rings is 2. The topological polar surface area (TPSA) is 84.2 Å². The Balaban J connectivity index is 1.57. The zero-order chi connectivity index (χ0) is 19.1. The summed E-state index contributed by atoms with van der Waals surface area (Å²) in [6.45, 7) is 0.555. The zero-order valence-electron chi connectivity index (χ0n) is 15.5. The summed E-state index contributed by atoms with van der Waals surface area (Å²) in [5, 5.41) is 5.78. The van der Waals surface area contributed by atoms with Crippen molar-refractivity contribution < 1.29 is 9.59 Å². The number of carbonyl (C=O) groups is 2. The lowest BCUT2D eigenvalue weighted by atomic mass is 9.71. The van der Waals surface area contributed by atoms with Crippen LogP contribution in [0.2, 0.25) is 0 Å². The summed E-state index contributed by atoms with van der Waals surface area (Å²) in [5.74, 6) is -0.188. The second-order valence-electron chi connectivity index (χ2n) is 7.39. The Morgan fingerprint density at radius 2 is 1.48 bits per heavy atom. The van der Waals surface area contributed by atoms with Gasteiger partial charge in [-0.1, -0.05) is 37.5 Å². The van der Waals surface area contributed by atoms with Gasteiger partial charge in [-0.15, -0.1) is 0 Å². The highest BCUT2D eigenvalue weighted by atomic mass is 16.2. The lowest BCUT2D eigenvalue weighted by Crippen LogP contribution is -2.36. The number of amides is 2. The maximum Gasteiger partial charge on any atom is 0.255 e. The van der Waals surface area contributed by atoms with E-state index in [1.165, 1.54) is 6.42 Å². The van der Waals surface area contributed by atoms with E-state index in [1.54, 1.807) is 24.3 Å². The van der Waals surface area contributed by atoms with E-state index in [-0.39, 0.29) is 17.2 Å². The van der Waals surface area contributed by atoms with E-state index in [2.05, 4.69) is 10.6 Å². The number of para-hydroxylation sites is 1. The van der Waals surface area contributed by atoms with Gasteiger partial charge < -0.3 is 16.4 Å². The summed E-state index contributed by atoms with van der Waals surface area (Å²) in [6, 6.07) is 16.3. The molecule has 2 aromatic rings. The molecular formula is C22H27N3O2. The molecule has 0 aliphatic heterocycles. The molecule has 142 valence electrons. The molecule has 1 saturated carbocycles.